The Morgan fingerprint density at radius 3 is 1.09 bits per heavy atom. The molecule has 0 aliphatic heterocycles. The average Bonchev–Trinajstić information content (AvgIpc) is 2.93. The van der Waals surface area contributed by atoms with Crippen LogP contribution in [0.3, 0.4) is 0 Å². The van der Waals surface area contributed by atoms with Crippen LogP contribution in [0.5, 0.6) is 11.5 Å². The molecule has 0 radical (unpaired) electrons. The third-order valence-electron chi connectivity index (χ3n) is 6.13. The third kappa shape index (κ3) is 4.18. The van der Waals surface area contributed by atoms with Crippen molar-refractivity contribution in [2.75, 3.05) is 14.2 Å². The Balaban J connectivity index is 1.75. The first kappa shape index (κ1) is 21.5. The summed E-state index contributed by atoms with van der Waals surface area (Å²) in [7, 11) is 3.42. The van der Waals surface area contributed by atoms with Crippen LogP contribution in [0.1, 0.15) is 0 Å². The van der Waals surface area contributed by atoms with E-state index in [4.69, 9.17) is 9.47 Å². The molecule has 0 fully saturated rings. The van der Waals surface area contributed by atoms with E-state index in [0.717, 1.165) is 44.9 Å². The SMILES string of the molecule is COc1ccc(-c2ccccc2-c2ccc(OC)cc2-c2ccccc2)c(-c2ccccc2)c1. The first-order valence-corrected chi connectivity index (χ1v) is 11.3. The van der Waals surface area contributed by atoms with Gasteiger partial charge in [-0.1, -0.05) is 97.1 Å². The maximum atomic E-state index is 5.57. The minimum atomic E-state index is 0.842. The standard InChI is InChI=1S/C32H26O2/c1-33-25-17-19-29(31(21-25)23-11-5-3-6-12-23)27-15-9-10-16-28(27)30-20-18-26(34-2)22-32(30)24-13-7-4-8-14-24/h3-22H,1-2H3. The highest BCUT2D eigenvalue weighted by Gasteiger charge is 2.16. The van der Waals surface area contributed by atoms with Gasteiger partial charge in [-0.3, -0.25) is 0 Å². The van der Waals surface area contributed by atoms with Gasteiger partial charge < -0.3 is 9.47 Å². The summed E-state index contributed by atoms with van der Waals surface area (Å²) in [4.78, 5) is 0. The van der Waals surface area contributed by atoms with Gasteiger partial charge in [-0.15, -0.1) is 0 Å². The number of rotatable bonds is 6. The van der Waals surface area contributed by atoms with Gasteiger partial charge >= 0.3 is 0 Å². The summed E-state index contributed by atoms with van der Waals surface area (Å²) in [5.41, 5.74) is 9.27. The van der Waals surface area contributed by atoms with Gasteiger partial charge in [0.15, 0.2) is 0 Å². The van der Waals surface area contributed by atoms with E-state index in [9.17, 15) is 0 Å². The van der Waals surface area contributed by atoms with Crippen molar-refractivity contribution in [3.05, 3.63) is 121 Å². The van der Waals surface area contributed by atoms with Crippen molar-refractivity contribution >= 4 is 0 Å². The van der Waals surface area contributed by atoms with E-state index in [1.54, 1.807) is 14.2 Å². The van der Waals surface area contributed by atoms with Crippen molar-refractivity contribution in [2.24, 2.45) is 0 Å². The van der Waals surface area contributed by atoms with E-state index in [2.05, 4.69) is 97.1 Å². The fraction of sp³-hybridized carbons (Fsp3) is 0.0625. The fourth-order valence-electron chi connectivity index (χ4n) is 4.44. The van der Waals surface area contributed by atoms with E-state index >= 15 is 0 Å². The molecule has 0 amide bonds. The van der Waals surface area contributed by atoms with Crippen molar-refractivity contribution < 1.29 is 9.47 Å². The normalized spacial score (nSPS) is 10.6. The summed E-state index contributed by atoms with van der Waals surface area (Å²) in [5.74, 6) is 1.68. The molecule has 2 heteroatoms. The molecular formula is C32H26O2. The van der Waals surface area contributed by atoms with Crippen molar-refractivity contribution in [1.29, 1.82) is 0 Å². The van der Waals surface area contributed by atoms with Crippen LogP contribution >= 0.6 is 0 Å². The number of benzene rings is 5. The summed E-state index contributed by atoms with van der Waals surface area (Å²) in [5, 5.41) is 0. The Morgan fingerprint density at radius 2 is 0.706 bits per heavy atom. The lowest BCUT2D eigenvalue weighted by atomic mass is 9.86. The molecular weight excluding hydrogens is 416 g/mol. The number of hydrogen-bond acceptors (Lipinski definition) is 2. The van der Waals surface area contributed by atoms with Crippen molar-refractivity contribution in [1.82, 2.24) is 0 Å². The minimum absolute atomic E-state index is 0.842. The topological polar surface area (TPSA) is 18.5 Å². The van der Waals surface area contributed by atoms with Crippen molar-refractivity contribution in [3.63, 3.8) is 0 Å². The van der Waals surface area contributed by atoms with Crippen LogP contribution in [0.2, 0.25) is 0 Å². The maximum Gasteiger partial charge on any atom is 0.119 e. The Bertz CT molecular complexity index is 1300. The van der Waals surface area contributed by atoms with E-state index < -0.39 is 0 Å². The number of methoxy groups -OCH3 is 2. The summed E-state index contributed by atoms with van der Waals surface area (Å²) in [6, 6.07) is 42.2. The largest absolute Gasteiger partial charge is 0.497 e. The predicted octanol–water partition coefficient (Wildman–Crippen LogP) is 8.37. The van der Waals surface area contributed by atoms with Crippen molar-refractivity contribution in [2.45, 2.75) is 0 Å². The summed E-state index contributed by atoms with van der Waals surface area (Å²) >= 11 is 0. The molecule has 0 heterocycles. The van der Waals surface area contributed by atoms with E-state index in [0.29, 0.717) is 0 Å². The Labute approximate surface area is 201 Å². The summed E-state index contributed by atoms with van der Waals surface area (Å²) in [6.45, 7) is 0. The lowest BCUT2D eigenvalue weighted by Gasteiger charge is -2.18. The molecule has 0 saturated carbocycles. The highest BCUT2D eigenvalue weighted by molar-refractivity contribution is 5.96. The second-order valence-electron chi connectivity index (χ2n) is 8.10. The van der Waals surface area contributed by atoms with Gasteiger partial charge in [-0.25, -0.2) is 0 Å². The van der Waals surface area contributed by atoms with Gasteiger partial charge in [-0.2, -0.15) is 0 Å². The van der Waals surface area contributed by atoms with Crippen LogP contribution in [-0.2, 0) is 0 Å². The average molecular weight is 443 g/mol. The zero-order valence-corrected chi connectivity index (χ0v) is 19.4. The van der Waals surface area contributed by atoms with Crippen LogP contribution < -0.4 is 9.47 Å². The van der Waals surface area contributed by atoms with Gasteiger partial charge in [0.2, 0.25) is 0 Å². The maximum absolute atomic E-state index is 5.57. The first-order valence-electron chi connectivity index (χ1n) is 11.3. The molecule has 0 aliphatic rings. The van der Waals surface area contributed by atoms with Crippen LogP contribution in [-0.4, -0.2) is 14.2 Å². The van der Waals surface area contributed by atoms with E-state index in [1.807, 2.05) is 24.3 Å². The zero-order valence-electron chi connectivity index (χ0n) is 19.4. The third-order valence-corrected chi connectivity index (χ3v) is 6.13. The monoisotopic (exact) mass is 442 g/mol. The van der Waals surface area contributed by atoms with Crippen LogP contribution in [0.15, 0.2) is 121 Å². The van der Waals surface area contributed by atoms with Crippen LogP contribution in [0.4, 0.5) is 0 Å². The van der Waals surface area contributed by atoms with Crippen LogP contribution in [0, 0.1) is 0 Å². The molecule has 0 N–H and O–H groups in total. The second-order valence-corrected chi connectivity index (χ2v) is 8.10. The predicted molar refractivity (Wildman–Crippen MR) is 141 cm³/mol. The lowest BCUT2D eigenvalue weighted by molar-refractivity contribution is 0.415. The molecule has 0 spiro atoms. The molecule has 0 saturated heterocycles. The van der Waals surface area contributed by atoms with E-state index in [1.165, 1.54) is 11.1 Å². The molecule has 0 aromatic heterocycles. The summed E-state index contributed by atoms with van der Waals surface area (Å²) < 4.78 is 11.1. The highest BCUT2D eigenvalue weighted by atomic mass is 16.5. The Hall–Kier alpha value is -4.30. The molecule has 0 bridgehead atoms. The molecule has 5 rings (SSSR count). The van der Waals surface area contributed by atoms with E-state index in [-0.39, 0.29) is 0 Å². The fourth-order valence-corrected chi connectivity index (χ4v) is 4.44. The Morgan fingerprint density at radius 1 is 0.353 bits per heavy atom. The number of ether oxygens (including phenoxy) is 2. The van der Waals surface area contributed by atoms with Gasteiger partial charge in [0.1, 0.15) is 11.5 Å². The second kappa shape index (κ2) is 9.68. The van der Waals surface area contributed by atoms with Crippen molar-refractivity contribution in [3.8, 4) is 56.0 Å². The van der Waals surface area contributed by atoms with Gasteiger partial charge in [0, 0.05) is 0 Å². The molecule has 0 atom stereocenters. The molecule has 5 aromatic rings. The minimum Gasteiger partial charge on any atom is -0.497 e. The summed E-state index contributed by atoms with van der Waals surface area (Å²) in [6.07, 6.45) is 0. The Kier molecular flexibility index (Phi) is 6.13. The molecule has 0 unspecified atom stereocenters. The molecule has 0 aliphatic carbocycles. The first-order chi connectivity index (χ1) is 16.8. The van der Waals surface area contributed by atoms with Gasteiger partial charge in [0.25, 0.3) is 0 Å². The van der Waals surface area contributed by atoms with Gasteiger partial charge in [0.05, 0.1) is 14.2 Å². The quantitative estimate of drug-likeness (QED) is 0.263. The van der Waals surface area contributed by atoms with Gasteiger partial charge in [-0.05, 0) is 68.8 Å². The smallest absolute Gasteiger partial charge is 0.119 e. The molecule has 5 aromatic carbocycles. The molecule has 166 valence electrons. The molecule has 34 heavy (non-hydrogen) atoms. The lowest BCUT2D eigenvalue weighted by Crippen LogP contribution is -1.93. The van der Waals surface area contributed by atoms with Crippen LogP contribution in [0.25, 0.3) is 44.5 Å². The number of hydrogen-bond donors (Lipinski definition) is 0. The molecule has 2 nitrogen and oxygen atoms in total. The highest BCUT2D eigenvalue weighted by Crippen LogP contribution is 2.43. The zero-order chi connectivity index (χ0) is 23.3.